The Labute approximate surface area is 206 Å². The first-order valence-electron chi connectivity index (χ1n) is 10.9. The summed E-state index contributed by atoms with van der Waals surface area (Å²) < 4.78 is 0. The van der Waals surface area contributed by atoms with Gasteiger partial charge >= 0.3 is 0 Å². The minimum atomic E-state index is -0.546. The molecule has 7 heteroatoms. The van der Waals surface area contributed by atoms with Gasteiger partial charge < -0.3 is 10.2 Å². The van der Waals surface area contributed by atoms with Crippen LogP contribution in [0, 0.1) is 12.8 Å². The Hall–Kier alpha value is -1.69. The Morgan fingerprint density at radius 1 is 1.06 bits per heavy atom. The van der Waals surface area contributed by atoms with Crippen molar-refractivity contribution in [2.45, 2.75) is 52.5 Å². The molecule has 1 N–H and O–H groups in total. The highest BCUT2D eigenvalue weighted by Gasteiger charge is 2.28. The van der Waals surface area contributed by atoms with Crippen molar-refractivity contribution >= 4 is 46.8 Å². The summed E-state index contributed by atoms with van der Waals surface area (Å²) in [7, 11) is 0. The van der Waals surface area contributed by atoms with Crippen LogP contribution in [0.15, 0.2) is 42.5 Å². The van der Waals surface area contributed by atoms with E-state index in [1.807, 2.05) is 32.9 Å². The second-order valence-electron chi connectivity index (χ2n) is 8.31. The van der Waals surface area contributed by atoms with E-state index >= 15 is 0 Å². The number of halogens is 2. The summed E-state index contributed by atoms with van der Waals surface area (Å²) in [5.74, 6) is 1.17. The zero-order chi connectivity index (χ0) is 23.7. The van der Waals surface area contributed by atoms with E-state index in [0.29, 0.717) is 41.2 Å². The number of carbonyl (C=O) groups is 2. The van der Waals surface area contributed by atoms with Gasteiger partial charge in [-0.25, -0.2) is 0 Å². The quantitative estimate of drug-likeness (QED) is 0.409. The van der Waals surface area contributed by atoms with Gasteiger partial charge in [0.2, 0.25) is 11.8 Å². The molecule has 2 aromatic rings. The van der Waals surface area contributed by atoms with Gasteiger partial charge in [-0.15, -0.1) is 11.8 Å². The van der Waals surface area contributed by atoms with Gasteiger partial charge in [-0.05, 0) is 42.5 Å². The third-order valence-electron chi connectivity index (χ3n) is 4.98. The number of carbonyl (C=O) groups excluding carboxylic acids is 2. The largest absolute Gasteiger partial charge is 0.354 e. The maximum Gasteiger partial charge on any atom is 0.242 e. The summed E-state index contributed by atoms with van der Waals surface area (Å²) in [6, 6.07) is 13.0. The number of nitrogens with zero attached hydrogens (tertiary/aromatic N) is 1. The summed E-state index contributed by atoms with van der Waals surface area (Å²) in [5, 5.41) is 3.87. The van der Waals surface area contributed by atoms with Gasteiger partial charge in [0.05, 0.1) is 15.8 Å². The van der Waals surface area contributed by atoms with Crippen LogP contribution < -0.4 is 5.32 Å². The highest BCUT2D eigenvalue weighted by Crippen LogP contribution is 2.24. The SMILES string of the molecule is CC[C@@H](C(=O)NCC(C)C)N(Cc1ccc(Cl)c(Cl)c1)C(=O)CSCc1cccc(C)c1. The molecule has 32 heavy (non-hydrogen) atoms. The third kappa shape index (κ3) is 8.34. The Balaban J connectivity index is 2.15. The Morgan fingerprint density at radius 3 is 2.44 bits per heavy atom. The van der Waals surface area contributed by atoms with E-state index in [0.717, 1.165) is 11.3 Å². The zero-order valence-electron chi connectivity index (χ0n) is 19.2. The van der Waals surface area contributed by atoms with Crippen LogP contribution in [0.4, 0.5) is 0 Å². The topological polar surface area (TPSA) is 49.4 Å². The van der Waals surface area contributed by atoms with Crippen LogP contribution >= 0.6 is 35.0 Å². The van der Waals surface area contributed by atoms with Gasteiger partial charge in [0.1, 0.15) is 6.04 Å². The van der Waals surface area contributed by atoms with Crippen molar-refractivity contribution in [2.24, 2.45) is 5.92 Å². The molecule has 0 aliphatic carbocycles. The molecule has 2 rings (SSSR count). The molecule has 0 aliphatic heterocycles. The maximum absolute atomic E-state index is 13.3. The maximum atomic E-state index is 13.3. The van der Waals surface area contributed by atoms with Gasteiger partial charge in [0.25, 0.3) is 0 Å². The number of hydrogen-bond acceptors (Lipinski definition) is 3. The van der Waals surface area contributed by atoms with Crippen LogP contribution in [-0.2, 0) is 21.9 Å². The lowest BCUT2D eigenvalue weighted by atomic mass is 10.1. The van der Waals surface area contributed by atoms with Crippen molar-refractivity contribution in [1.82, 2.24) is 10.2 Å². The summed E-state index contributed by atoms with van der Waals surface area (Å²) in [6.07, 6.45) is 0.527. The lowest BCUT2D eigenvalue weighted by Crippen LogP contribution is -2.50. The molecule has 0 fully saturated rings. The highest BCUT2D eigenvalue weighted by atomic mass is 35.5. The van der Waals surface area contributed by atoms with E-state index in [2.05, 4.69) is 30.4 Å². The van der Waals surface area contributed by atoms with E-state index in [4.69, 9.17) is 23.2 Å². The molecule has 2 aromatic carbocycles. The average molecular weight is 496 g/mol. The first kappa shape index (κ1) is 26.6. The first-order valence-corrected chi connectivity index (χ1v) is 12.8. The Bertz CT molecular complexity index is 921. The number of thioether (sulfide) groups is 1. The smallest absolute Gasteiger partial charge is 0.242 e. The summed E-state index contributed by atoms with van der Waals surface area (Å²) in [4.78, 5) is 27.8. The second-order valence-corrected chi connectivity index (χ2v) is 10.1. The molecule has 0 bridgehead atoms. The number of benzene rings is 2. The number of aryl methyl sites for hydroxylation is 1. The van der Waals surface area contributed by atoms with Crippen molar-refractivity contribution in [3.8, 4) is 0 Å². The van der Waals surface area contributed by atoms with Crippen LogP contribution in [0.3, 0.4) is 0 Å². The second kappa shape index (κ2) is 13.1. The summed E-state index contributed by atoms with van der Waals surface area (Å²) in [5.41, 5.74) is 3.22. The minimum Gasteiger partial charge on any atom is -0.354 e. The third-order valence-corrected chi connectivity index (χ3v) is 6.71. The summed E-state index contributed by atoms with van der Waals surface area (Å²) >= 11 is 13.8. The van der Waals surface area contributed by atoms with Crippen molar-refractivity contribution in [3.63, 3.8) is 0 Å². The van der Waals surface area contributed by atoms with E-state index in [1.165, 1.54) is 11.1 Å². The van der Waals surface area contributed by atoms with E-state index in [1.54, 1.807) is 28.8 Å². The number of hydrogen-bond donors (Lipinski definition) is 1. The van der Waals surface area contributed by atoms with Crippen LogP contribution in [0.2, 0.25) is 10.0 Å². The van der Waals surface area contributed by atoms with E-state index in [9.17, 15) is 9.59 Å². The molecule has 2 amide bonds. The number of amides is 2. The molecule has 4 nitrogen and oxygen atoms in total. The molecule has 0 heterocycles. The fourth-order valence-corrected chi connectivity index (χ4v) is 4.50. The molecular formula is C25H32Cl2N2O2S. The van der Waals surface area contributed by atoms with Crippen molar-refractivity contribution in [3.05, 3.63) is 69.2 Å². The van der Waals surface area contributed by atoms with Crippen LogP contribution in [-0.4, -0.2) is 35.1 Å². The molecular weight excluding hydrogens is 463 g/mol. The molecule has 1 atom stereocenters. The fraction of sp³-hybridized carbons (Fsp3) is 0.440. The number of rotatable bonds is 11. The van der Waals surface area contributed by atoms with Gasteiger partial charge in [-0.2, -0.15) is 0 Å². The first-order chi connectivity index (χ1) is 15.2. The van der Waals surface area contributed by atoms with E-state index < -0.39 is 6.04 Å². The molecule has 174 valence electrons. The fourth-order valence-electron chi connectivity index (χ4n) is 3.32. The van der Waals surface area contributed by atoms with Crippen LogP contribution in [0.5, 0.6) is 0 Å². The standard InChI is InChI=1S/C25H32Cl2N2O2S/c1-5-23(25(31)28-13-17(2)3)29(14-19-9-10-21(26)22(27)12-19)24(30)16-32-15-20-8-6-7-18(4)11-20/h6-12,17,23H,5,13-16H2,1-4H3,(H,28,31)/t23-/m0/s1. The van der Waals surface area contributed by atoms with Crippen molar-refractivity contribution in [2.75, 3.05) is 12.3 Å². The highest BCUT2D eigenvalue weighted by molar-refractivity contribution is 7.99. The zero-order valence-corrected chi connectivity index (χ0v) is 21.5. The normalized spacial score (nSPS) is 12.0. The predicted molar refractivity (Wildman–Crippen MR) is 136 cm³/mol. The molecule has 0 saturated carbocycles. The molecule has 0 aliphatic rings. The predicted octanol–water partition coefficient (Wildman–Crippen LogP) is 6.11. The average Bonchev–Trinajstić information content (AvgIpc) is 2.74. The lowest BCUT2D eigenvalue weighted by Gasteiger charge is -2.31. The Kier molecular flexibility index (Phi) is 10.9. The van der Waals surface area contributed by atoms with Gasteiger partial charge in [-0.1, -0.05) is 79.9 Å². The lowest BCUT2D eigenvalue weighted by molar-refractivity contribution is -0.139. The van der Waals surface area contributed by atoms with Gasteiger partial charge in [-0.3, -0.25) is 9.59 Å². The van der Waals surface area contributed by atoms with Gasteiger partial charge in [0, 0.05) is 18.8 Å². The monoisotopic (exact) mass is 494 g/mol. The molecule has 0 unspecified atom stereocenters. The van der Waals surface area contributed by atoms with Crippen LogP contribution in [0.25, 0.3) is 0 Å². The molecule has 0 radical (unpaired) electrons. The molecule has 0 spiro atoms. The summed E-state index contributed by atoms with van der Waals surface area (Å²) in [6.45, 7) is 8.94. The minimum absolute atomic E-state index is 0.0692. The van der Waals surface area contributed by atoms with Crippen LogP contribution in [0.1, 0.15) is 43.9 Å². The van der Waals surface area contributed by atoms with Crippen molar-refractivity contribution in [1.29, 1.82) is 0 Å². The molecule has 0 aromatic heterocycles. The van der Waals surface area contributed by atoms with E-state index in [-0.39, 0.29) is 11.8 Å². The Morgan fingerprint density at radius 2 is 1.81 bits per heavy atom. The van der Waals surface area contributed by atoms with Gasteiger partial charge in [0.15, 0.2) is 0 Å². The molecule has 0 saturated heterocycles. The number of nitrogens with one attached hydrogen (secondary N) is 1. The van der Waals surface area contributed by atoms with Crippen molar-refractivity contribution < 1.29 is 9.59 Å².